The monoisotopic (exact) mass is 324 g/mol. The van der Waals surface area contributed by atoms with E-state index in [0.29, 0.717) is 12.0 Å². The first-order chi connectivity index (χ1) is 11.3. The van der Waals surface area contributed by atoms with Crippen LogP contribution in [0.1, 0.15) is 29.9 Å². The Kier molecular flexibility index (Phi) is 3.17. The molecular formula is C20H21ClN2. The molecule has 3 aliphatic heterocycles. The highest BCUT2D eigenvalue weighted by atomic mass is 35.5. The Balaban J connectivity index is 1.68. The van der Waals surface area contributed by atoms with Gasteiger partial charge in [-0.1, -0.05) is 23.7 Å². The van der Waals surface area contributed by atoms with E-state index in [1.165, 1.54) is 42.5 Å². The predicted octanol–water partition coefficient (Wildman–Crippen LogP) is 4.22. The van der Waals surface area contributed by atoms with Gasteiger partial charge < -0.3 is 10.2 Å². The topological polar surface area (TPSA) is 15.3 Å². The molecule has 0 spiro atoms. The summed E-state index contributed by atoms with van der Waals surface area (Å²) in [6.45, 7) is 3.51. The molecular weight excluding hydrogens is 304 g/mol. The quantitative estimate of drug-likeness (QED) is 0.845. The van der Waals surface area contributed by atoms with Gasteiger partial charge in [0.25, 0.3) is 0 Å². The van der Waals surface area contributed by atoms with Gasteiger partial charge in [-0.2, -0.15) is 0 Å². The predicted molar refractivity (Wildman–Crippen MR) is 96.6 cm³/mol. The molecule has 1 N–H and O–H groups in total. The number of aryl methyl sites for hydroxylation is 1. The lowest BCUT2D eigenvalue weighted by Crippen LogP contribution is -2.45. The highest BCUT2D eigenvalue weighted by Gasteiger charge is 2.42. The molecule has 0 saturated carbocycles. The van der Waals surface area contributed by atoms with E-state index >= 15 is 0 Å². The van der Waals surface area contributed by atoms with E-state index in [-0.39, 0.29) is 0 Å². The third-order valence-corrected chi connectivity index (χ3v) is 5.99. The van der Waals surface area contributed by atoms with Crippen molar-refractivity contribution in [1.82, 2.24) is 5.32 Å². The maximum Gasteiger partial charge on any atom is 0.0438 e. The summed E-state index contributed by atoms with van der Waals surface area (Å²) in [6, 6.07) is 13.8. The second-order valence-electron chi connectivity index (χ2n) is 7.05. The van der Waals surface area contributed by atoms with Crippen LogP contribution in [0.2, 0.25) is 5.02 Å². The molecule has 118 valence electrons. The summed E-state index contributed by atoms with van der Waals surface area (Å²) in [4.78, 5) is 2.71. The van der Waals surface area contributed by atoms with Crippen LogP contribution >= 0.6 is 11.6 Å². The van der Waals surface area contributed by atoms with E-state index in [0.717, 1.165) is 18.1 Å². The Bertz CT molecular complexity index is 770. The minimum atomic E-state index is 0.648. The van der Waals surface area contributed by atoms with Crippen molar-refractivity contribution in [2.75, 3.05) is 24.5 Å². The zero-order valence-electron chi connectivity index (χ0n) is 13.2. The van der Waals surface area contributed by atoms with Crippen LogP contribution < -0.4 is 10.2 Å². The van der Waals surface area contributed by atoms with Gasteiger partial charge in [0.2, 0.25) is 0 Å². The van der Waals surface area contributed by atoms with Gasteiger partial charge in [0.15, 0.2) is 0 Å². The Morgan fingerprint density at radius 1 is 1.13 bits per heavy atom. The molecule has 0 amide bonds. The van der Waals surface area contributed by atoms with Crippen LogP contribution in [0.15, 0.2) is 36.4 Å². The maximum absolute atomic E-state index is 6.21. The van der Waals surface area contributed by atoms with Gasteiger partial charge in [0, 0.05) is 35.8 Å². The number of nitrogens with zero attached hydrogens (tertiary/aromatic N) is 1. The van der Waals surface area contributed by atoms with E-state index < -0.39 is 0 Å². The van der Waals surface area contributed by atoms with Crippen molar-refractivity contribution in [2.45, 2.75) is 31.2 Å². The number of fused-ring (bicyclic) bond motifs is 3. The van der Waals surface area contributed by atoms with Crippen molar-refractivity contribution >= 4 is 17.3 Å². The number of hydrogen-bond acceptors (Lipinski definition) is 2. The molecule has 1 saturated heterocycles. The number of halogens is 1. The molecule has 0 unspecified atom stereocenters. The number of nitrogens with one attached hydrogen (secondary N) is 1. The van der Waals surface area contributed by atoms with Crippen molar-refractivity contribution in [3.05, 3.63) is 52.5 Å². The molecule has 0 aromatic heterocycles. The molecule has 3 aliphatic rings. The first kappa shape index (κ1) is 13.9. The normalized spacial score (nSPS) is 25.2. The number of hydrogen-bond donors (Lipinski definition) is 1. The summed E-state index contributed by atoms with van der Waals surface area (Å²) in [5, 5.41) is 4.42. The van der Waals surface area contributed by atoms with E-state index in [4.69, 9.17) is 11.6 Å². The summed E-state index contributed by atoms with van der Waals surface area (Å²) in [5.74, 6) is 0.648. The molecule has 2 aromatic rings. The fourth-order valence-electron chi connectivity index (χ4n) is 4.80. The Morgan fingerprint density at radius 3 is 3.00 bits per heavy atom. The molecule has 1 fully saturated rings. The van der Waals surface area contributed by atoms with Crippen LogP contribution in [0.5, 0.6) is 0 Å². The molecule has 2 nitrogen and oxygen atoms in total. The second kappa shape index (κ2) is 5.25. The molecule has 0 bridgehead atoms. The minimum Gasteiger partial charge on any atom is -0.367 e. The van der Waals surface area contributed by atoms with Crippen LogP contribution in [0.25, 0.3) is 11.1 Å². The largest absolute Gasteiger partial charge is 0.367 e. The Morgan fingerprint density at radius 2 is 2.09 bits per heavy atom. The average molecular weight is 325 g/mol. The van der Waals surface area contributed by atoms with Crippen molar-refractivity contribution in [3.8, 4) is 11.1 Å². The number of anilines is 1. The van der Waals surface area contributed by atoms with Gasteiger partial charge in [-0.3, -0.25) is 0 Å². The minimum absolute atomic E-state index is 0.648. The smallest absolute Gasteiger partial charge is 0.0438 e. The van der Waals surface area contributed by atoms with Crippen LogP contribution in [0.4, 0.5) is 5.69 Å². The zero-order valence-corrected chi connectivity index (χ0v) is 13.9. The highest BCUT2D eigenvalue weighted by molar-refractivity contribution is 6.30. The number of rotatable bonds is 1. The number of benzene rings is 2. The van der Waals surface area contributed by atoms with Crippen LogP contribution in [0.3, 0.4) is 0 Å². The summed E-state index contributed by atoms with van der Waals surface area (Å²) >= 11 is 6.21. The van der Waals surface area contributed by atoms with Crippen molar-refractivity contribution in [1.29, 1.82) is 0 Å². The maximum atomic E-state index is 6.21. The molecule has 2 atom stereocenters. The van der Waals surface area contributed by atoms with E-state index in [9.17, 15) is 0 Å². The lowest BCUT2D eigenvalue weighted by molar-refractivity contribution is 0.400. The van der Waals surface area contributed by atoms with E-state index in [2.05, 4.69) is 34.5 Å². The average Bonchev–Trinajstić information content (AvgIpc) is 2.91. The first-order valence-electron chi connectivity index (χ1n) is 8.71. The van der Waals surface area contributed by atoms with Gasteiger partial charge in [0.1, 0.15) is 0 Å². The van der Waals surface area contributed by atoms with Crippen LogP contribution in [-0.4, -0.2) is 25.7 Å². The third kappa shape index (κ3) is 2.12. The summed E-state index contributed by atoms with van der Waals surface area (Å²) in [7, 11) is 0. The van der Waals surface area contributed by atoms with Gasteiger partial charge in [-0.05, 0) is 72.3 Å². The Hall–Kier alpha value is -1.51. The Labute approximate surface area is 142 Å². The van der Waals surface area contributed by atoms with Crippen molar-refractivity contribution < 1.29 is 0 Å². The van der Waals surface area contributed by atoms with Crippen LogP contribution in [-0.2, 0) is 6.42 Å². The molecule has 0 aliphatic carbocycles. The lowest BCUT2D eigenvalue weighted by atomic mass is 9.87. The lowest BCUT2D eigenvalue weighted by Gasteiger charge is -2.36. The summed E-state index contributed by atoms with van der Waals surface area (Å²) in [5.41, 5.74) is 7.23. The van der Waals surface area contributed by atoms with Gasteiger partial charge in [-0.25, -0.2) is 0 Å². The molecule has 3 heterocycles. The van der Waals surface area contributed by atoms with Crippen molar-refractivity contribution in [3.63, 3.8) is 0 Å². The molecule has 3 heteroatoms. The molecule has 2 aromatic carbocycles. The fraction of sp³-hybridized carbons (Fsp3) is 0.400. The van der Waals surface area contributed by atoms with Gasteiger partial charge >= 0.3 is 0 Å². The first-order valence-corrected chi connectivity index (χ1v) is 9.09. The summed E-state index contributed by atoms with van der Waals surface area (Å²) < 4.78 is 0. The molecule has 23 heavy (non-hydrogen) atoms. The van der Waals surface area contributed by atoms with Crippen LogP contribution in [0, 0.1) is 0 Å². The fourth-order valence-corrected chi connectivity index (χ4v) is 4.99. The zero-order chi connectivity index (χ0) is 15.4. The van der Waals surface area contributed by atoms with E-state index in [1.54, 1.807) is 11.3 Å². The van der Waals surface area contributed by atoms with E-state index in [1.807, 2.05) is 12.1 Å². The molecule has 5 rings (SSSR count). The SMILES string of the molecule is Clc1cccc(-c2cc3c4c(c2)[C@H]2CNCC[C@H]2N4CCC3)c1. The standard InChI is InChI=1S/C20H21ClN2/c21-16-5-1-3-13(10-16)15-9-14-4-2-8-23-19-6-7-22-12-18(19)17(11-15)20(14)23/h1,3,5,9-11,18-19,22H,2,4,6-8,12H2/t18-,19-/m1/s1. The second-order valence-corrected chi connectivity index (χ2v) is 7.48. The van der Waals surface area contributed by atoms with Crippen molar-refractivity contribution in [2.24, 2.45) is 0 Å². The van der Waals surface area contributed by atoms with Gasteiger partial charge in [0.05, 0.1) is 0 Å². The summed E-state index contributed by atoms with van der Waals surface area (Å²) in [6.07, 6.45) is 3.76. The molecule has 0 radical (unpaired) electrons. The van der Waals surface area contributed by atoms with Gasteiger partial charge in [-0.15, -0.1) is 0 Å². The highest BCUT2D eigenvalue weighted by Crippen LogP contribution is 2.49. The number of piperidine rings is 1. The third-order valence-electron chi connectivity index (χ3n) is 5.75.